The van der Waals surface area contributed by atoms with Gasteiger partial charge in [-0.15, -0.1) is 0 Å². The van der Waals surface area contributed by atoms with Crippen LogP contribution in [-0.4, -0.2) is 52.8 Å². The lowest BCUT2D eigenvalue weighted by molar-refractivity contribution is -0.166. The number of carbonyl (C=O) groups is 2. The van der Waals surface area contributed by atoms with Crippen molar-refractivity contribution in [3.05, 3.63) is 0 Å². The second-order valence-corrected chi connectivity index (χ2v) is 11.2. The quantitative estimate of drug-likeness (QED) is 0.582. The summed E-state index contributed by atoms with van der Waals surface area (Å²) in [5.41, 5.74) is -0.777. The molecule has 26 heavy (non-hydrogen) atoms. The van der Waals surface area contributed by atoms with Crippen molar-refractivity contribution in [2.45, 2.75) is 45.0 Å². The van der Waals surface area contributed by atoms with E-state index in [2.05, 4.69) is 0 Å². The van der Waals surface area contributed by atoms with Gasteiger partial charge in [-0.05, 0) is 27.2 Å². The number of sulfonamides is 1. The van der Waals surface area contributed by atoms with Gasteiger partial charge >= 0.3 is 22.2 Å². The van der Waals surface area contributed by atoms with Crippen LogP contribution in [0.2, 0.25) is 0 Å². The van der Waals surface area contributed by atoms with E-state index in [1.165, 1.54) is 4.13 Å². The summed E-state index contributed by atoms with van der Waals surface area (Å²) in [5, 5.41) is 0. The molecule has 0 spiro atoms. The van der Waals surface area contributed by atoms with Gasteiger partial charge in [-0.2, -0.15) is 8.42 Å². The summed E-state index contributed by atoms with van der Waals surface area (Å²) in [6, 6.07) is 0. The monoisotopic (exact) mass is 411 g/mol. The van der Waals surface area contributed by atoms with E-state index >= 15 is 0 Å². The third-order valence-electron chi connectivity index (χ3n) is 4.72. The topological polar surface area (TPSA) is 142 Å². The van der Waals surface area contributed by atoms with Crippen LogP contribution in [0.3, 0.4) is 0 Å². The number of hydrogen-bond donors (Lipinski definition) is 1. The smallest absolute Gasteiger partial charge is 0.349 e. The zero-order valence-corrected chi connectivity index (χ0v) is 16.3. The van der Waals surface area contributed by atoms with Gasteiger partial charge in [-0.1, -0.05) is 4.13 Å². The third kappa shape index (κ3) is 3.59. The lowest BCUT2D eigenvalue weighted by atomic mass is 9.78. The Bertz CT molecular complexity index is 842. The molecule has 1 N–H and O–H groups in total. The molecule has 3 fully saturated rings. The minimum absolute atomic E-state index is 0.358. The van der Waals surface area contributed by atoms with Gasteiger partial charge in [0, 0.05) is 11.8 Å². The Labute approximate surface area is 151 Å². The minimum Gasteiger partial charge on any atom is -0.460 e. The summed E-state index contributed by atoms with van der Waals surface area (Å²) >= 11 is 0. The molecule has 2 aliphatic carbocycles. The van der Waals surface area contributed by atoms with Crippen molar-refractivity contribution in [1.29, 1.82) is 0 Å². The van der Waals surface area contributed by atoms with E-state index in [1.807, 2.05) is 0 Å². The molecule has 2 bridgehead atoms. The zero-order chi connectivity index (χ0) is 19.7. The first kappa shape index (κ1) is 19.5. The van der Waals surface area contributed by atoms with Crippen molar-refractivity contribution < 1.29 is 40.1 Å². The molecule has 3 rings (SSSR count). The molecule has 3 aliphatic rings. The predicted octanol–water partition coefficient (Wildman–Crippen LogP) is -0.685. The summed E-state index contributed by atoms with van der Waals surface area (Å²) in [6.45, 7) is 5.05. The molecular formula is C14H21NO9S2. The maximum Gasteiger partial charge on any atom is 0.349 e. The first-order chi connectivity index (χ1) is 11.7. The summed E-state index contributed by atoms with van der Waals surface area (Å²) < 4.78 is 63.3. The number of ether oxygens (including phenoxy) is 2. The zero-order valence-electron chi connectivity index (χ0n) is 14.7. The fourth-order valence-corrected chi connectivity index (χ4v) is 6.35. The summed E-state index contributed by atoms with van der Waals surface area (Å²) in [7, 11) is -8.73. The standard InChI is InChI=1S/C14H21NO9S2/c1-14(2,3)23-13(17)9-7-5-6-8(9)12(16)22-10(6)11(7)24-26(20,21)15-25(4,18)19/h6-11,15H,5H2,1-4H3. The van der Waals surface area contributed by atoms with Crippen LogP contribution < -0.4 is 4.13 Å². The third-order valence-corrected chi connectivity index (χ3v) is 7.22. The van der Waals surface area contributed by atoms with Gasteiger partial charge in [0.1, 0.15) is 17.8 Å². The first-order valence-corrected chi connectivity index (χ1v) is 11.3. The molecule has 10 nitrogen and oxygen atoms in total. The van der Waals surface area contributed by atoms with E-state index in [0.29, 0.717) is 12.7 Å². The molecule has 2 saturated carbocycles. The second-order valence-electron chi connectivity index (χ2n) is 7.92. The maximum absolute atomic E-state index is 12.6. The molecule has 0 amide bonds. The van der Waals surface area contributed by atoms with Crippen molar-refractivity contribution in [1.82, 2.24) is 4.13 Å². The first-order valence-electron chi connectivity index (χ1n) is 8.04. The van der Waals surface area contributed by atoms with Crippen molar-refractivity contribution in [2.24, 2.45) is 23.7 Å². The molecule has 148 valence electrons. The fraction of sp³-hybridized carbons (Fsp3) is 0.857. The van der Waals surface area contributed by atoms with Crippen molar-refractivity contribution in [2.75, 3.05) is 6.26 Å². The molecule has 0 aromatic rings. The summed E-state index contributed by atoms with van der Waals surface area (Å²) in [4.78, 5) is 24.7. The Morgan fingerprint density at radius 1 is 1.19 bits per heavy atom. The van der Waals surface area contributed by atoms with Crippen LogP contribution >= 0.6 is 0 Å². The summed E-state index contributed by atoms with van der Waals surface area (Å²) in [6.07, 6.45) is -0.930. The van der Waals surface area contributed by atoms with Gasteiger partial charge in [0.2, 0.25) is 10.0 Å². The van der Waals surface area contributed by atoms with Gasteiger partial charge in [0.15, 0.2) is 0 Å². The molecule has 0 aromatic carbocycles. The highest BCUT2D eigenvalue weighted by molar-refractivity contribution is 8.02. The normalized spacial score (nSPS) is 36.2. The van der Waals surface area contributed by atoms with E-state index < -0.39 is 67.8 Å². The molecule has 0 radical (unpaired) electrons. The lowest BCUT2D eigenvalue weighted by Crippen LogP contribution is -2.46. The second kappa shape index (κ2) is 5.88. The lowest BCUT2D eigenvalue weighted by Gasteiger charge is -2.31. The van der Waals surface area contributed by atoms with E-state index in [-0.39, 0.29) is 5.92 Å². The molecule has 0 aromatic heterocycles. The van der Waals surface area contributed by atoms with Crippen molar-refractivity contribution in [3.63, 3.8) is 0 Å². The molecule has 6 atom stereocenters. The molecule has 1 aliphatic heterocycles. The molecule has 1 heterocycles. The predicted molar refractivity (Wildman–Crippen MR) is 86.1 cm³/mol. The average molecular weight is 411 g/mol. The molecule has 1 saturated heterocycles. The molecule has 12 heteroatoms. The largest absolute Gasteiger partial charge is 0.460 e. The van der Waals surface area contributed by atoms with Crippen LogP contribution in [0.1, 0.15) is 27.2 Å². The summed E-state index contributed by atoms with van der Waals surface area (Å²) in [5.74, 6) is -3.75. The van der Waals surface area contributed by atoms with E-state index in [4.69, 9.17) is 13.7 Å². The molecular weight excluding hydrogens is 390 g/mol. The Kier molecular flexibility index (Phi) is 4.41. The van der Waals surface area contributed by atoms with Crippen LogP contribution in [0, 0.1) is 23.7 Å². The number of esters is 2. The molecule has 6 unspecified atom stereocenters. The van der Waals surface area contributed by atoms with Gasteiger partial charge < -0.3 is 9.47 Å². The Hall–Kier alpha value is -1.24. The van der Waals surface area contributed by atoms with Gasteiger partial charge in [-0.3, -0.25) is 9.59 Å². The van der Waals surface area contributed by atoms with Crippen LogP contribution in [0.5, 0.6) is 0 Å². The van der Waals surface area contributed by atoms with Crippen LogP contribution in [-0.2, 0) is 43.6 Å². The van der Waals surface area contributed by atoms with Crippen LogP contribution in [0.25, 0.3) is 0 Å². The average Bonchev–Trinajstić information content (AvgIpc) is 2.96. The van der Waals surface area contributed by atoms with Crippen LogP contribution in [0.4, 0.5) is 0 Å². The minimum atomic E-state index is -4.65. The van der Waals surface area contributed by atoms with Crippen molar-refractivity contribution >= 4 is 32.3 Å². The Balaban J connectivity index is 1.86. The van der Waals surface area contributed by atoms with Crippen LogP contribution in [0.15, 0.2) is 0 Å². The van der Waals surface area contributed by atoms with E-state index in [1.54, 1.807) is 20.8 Å². The van der Waals surface area contributed by atoms with Gasteiger partial charge in [-0.25, -0.2) is 12.6 Å². The number of carbonyl (C=O) groups excluding carboxylic acids is 2. The van der Waals surface area contributed by atoms with Gasteiger partial charge in [0.25, 0.3) is 0 Å². The fourth-order valence-electron chi connectivity index (χ4n) is 4.16. The highest BCUT2D eigenvalue weighted by Gasteiger charge is 2.70. The number of fused-ring (bicyclic) bond motifs is 1. The Morgan fingerprint density at radius 3 is 2.35 bits per heavy atom. The van der Waals surface area contributed by atoms with Gasteiger partial charge in [0.05, 0.1) is 18.1 Å². The maximum atomic E-state index is 12.6. The number of rotatable bonds is 5. The Morgan fingerprint density at radius 2 is 1.81 bits per heavy atom. The van der Waals surface area contributed by atoms with E-state index in [0.717, 1.165) is 0 Å². The van der Waals surface area contributed by atoms with Crippen molar-refractivity contribution in [3.8, 4) is 0 Å². The SMILES string of the molecule is CC(C)(C)OC(=O)C1C2CC3C(OC(=O)C31)C2OS(=O)(=O)NS(C)(=O)=O. The number of hydrogen-bond acceptors (Lipinski definition) is 9. The number of nitrogens with one attached hydrogen (secondary N) is 1. The van der Waals surface area contributed by atoms with E-state index in [9.17, 15) is 26.4 Å². The highest BCUT2D eigenvalue weighted by Crippen LogP contribution is 2.59. The highest BCUT2D eigenvalue weighted by atomic mass is 32.3.